The predicted octanol–water partition coefficient (Wildman–Crippen LogP) is -0.0526. The van der Waals surface area contributed by atoms with Gasteiger partial charge in [-0.25, -0.2) is 0 Å². The average molecular weight is 540 g/mol. The van der Waals surface area contributed by atoms with E-state index < -0.39 is 99.4 Å². The van der Waals surface area contributed by atoms with Crippen molar-refractivity contribution in [2.75, 3.05) is 28.2 Å². The molecule has 4 rings (SSSR count). The molecular formula is C25H28F3N3O7. The van der Waals surface area contributed by atoms with Crippen molar-refractivity contribution < 1.29 is 47.4 Å². The first-order valence-corrected chi connectivity index (χ1v) is 11.9. The number of hydrogen-bond donors (Lipinski definition) is 3. The van der Waals surface area contributed by atoms with Crippen LogP contribution in [-0.4, -0.2) is 88.9 Å². The Labute approximate surface area is 215 Å². The van der Waals surface area contributed by atoms with Crippen molar-refractivity contribution in [3.63, 3.8) is 0 Å². The monoisotopic (exact) mass is 539 g/mol. The number of alkyl halides is 3. The zero-order chi connectivity index (χ0) is 28.6. The number of benzene rings is 1. The van der Waals surface area contributed by atoms with E-state index in [1.807, 2.05) is 0 Å². The number of carbonyl (C=O) groups excluding carboxylic acids is 5. The molecule has 206 valence electrons. The third-order valence-corrected chi connectivity index (χ3v) is 7.92. The van der Waals surface area contributed by atoms with Crippen LogP contribution in [0.15, 0.2) is 6.07 Å². The number of primary amides is 1. The van der Waals surface area contributed by atoms with E-state index in [9.17, 15) is 47.4 Å². The lowest BCUT2D eigenvalue weighted by molar-refractivity contribution is -0.181. The Kier molecular flexibility index (Phi) is 6.57. The molecule has 1 aromatic carbocycles. The van der Waals surface area contributed by atoms with Gasteiger partial charge in [0.1, 0.15) is 5.75 Å². The van der Waals surface area contributed by atoms with Crippen LogP contribution in [0.1, 0.15) is 33.5 Å². The Morgan fingerprint density at radius 2 is 1.74 bits per heavy atom. The van der Waals surface area contributed by atoms with Gasteiger partial charge in [0.25, 0.3) is 0 Å². The number of carbonyl (C=O) groups is 5. The van der Waals surface area contributed by atoms with E-state index in [1.54, 1.807) is 0 Å². The SMILES string of the molecule is CN(C)Cc1cc(O)c2c(c1C(F)(F)F)C[C@H]1C[C@H]3[C@H](N(C)C)C(=O)C(C(N)=O)C(=O)[C@@]3(O)C(=O)C1C2=O. The van der Waals surface area contributed by atoms with Crippen molar-refractivity contribution in [2.24, 2.45) is 29.4 Å². The maximum Gasteiger partial charge on any atom is 0.417 e. The molecule has 10 nitrogen and oxygen atoms in total. The van der Waals surface area contributed by atoms with Crippen LogP contribution < -0.4 is 5.73 Å². The molecule has 0 radical (unpaired) electrons. The van der Waals surface area contributed by atoms with Gasteiger partial charge in [0.15, 0.2) is 34.7 Å². The van der Waals surface area contributed by atoms with Crippen molar-refractivity contribution >= 4 is 29.0 Å². The van der Waals surface area contributed by atoms with Crippen molar-refractivity contribution in [1.29, 1.82) is 0 Å². The summed E-state index contributed by atoms with van der Waals surface area (Å²) in [4.78, 5) is 68.3. The molecule has 0 heterocycles. The summed E-state index contributed by atoms with van der Waals surface area (Å²) < 4.78 is 42.9. The minimum absolute atomic E-state index is 0.195. The second kappa shape index (κ2) is 8.95. The molecule has 1 amide bonds. The van der Waals surface area contributed by atoms with Gasteiger partial charge in [0.2, 0.25) is 5.91 Å². The van der Waals surface area contributed by atoms with Crippen LogP contribution in [-0.2, 0) is 38.3 Å². The lowest BCUT2D eigenvalue weighted by Gasteiger charge is -2.52. The molecule has 38 heavy (non-hydrogen) atoms. The van der Waals surface area contributed by atoms with Crippen LogP contribution in [0.2, 0.25) is 0 Å². The van der Waals surface area contributed by atoms with Crippen molar-refractivity contribution in [2.45, 2.75) is 37.2 Å². The summed E-state index contributed by atoms with van der Waals surface area (Å²) in [6.45, 7) is -0.195. The highest BCUT2D eigenvalue weighted by atomic mass is 19.4. The fraction of sp³-hybridized carbons (Fsp3) is 0.560. The zero-order valence-electron chi connectivity index (χ0n) is 21.1. The maximum atomic E-state index is 14.3. The van der Waals surface area contributed by atoms with Gasteiger partial charge in [0.05, 0.1) is 23.1 Å². The third-order valence-electron chi connectivity index (χ3n) is 7.92. The molecule has 13 heteroatoms. The summed E-state index contributed by atoms with van der Waals surface area (Å²) in [6, 6.07) is -0.507. The molecule has 2 fully saturated rings. The van der Waals surface area contributed by atoms with Crippen LogP contribution in [0.3, 0.4) is 0 Å². The quantitative estimate of drug-likeness (QED) is 0.446. The Hall–Kier alpha value is -3.16. The molecule has 0 aliphatic heterocycles. The molecule has 2 unspecified atom stereocenters. The van der Waals surface area contributed by atoms with Crippen LogP contribution >= 0.6 is 0 Å². The van der Waals surface area contributed by atoms with Gasteiger partial charge in [-0.15, -0.1) is 0 Å². The molecular weight excluding hydrogens is 511 g/mol. The smallest absolute Gasteiger partial charge is 0.417 e. The fourth-order valence-electron chi connectivity index (χ4n) is 6.56. The standard InChI is InChI=1S/C25H28F3N3O7/c1-30(2)8-10-7-13(32)15-11(17(10)25(26,27)28)5-9-6-12-18(31(3)4)20(34)16(23(29)37)22(36)24(12,38)21(35)14(9)19(15)33/h7,9,12,14,16,18,32,38H,5-6,8H2,1-4H3,(H2,29,37)/t9-,12-,14?,16?,18-,24-/m0/s1. The molecule has 0 bridgehead atoms. The number of nitrogens with two attached hydrogens (primary N) is 1. The van der Waals surface area contributed by atoms with E-state index in [4.69, 9.17) is 5.73 Å². The minimum atomic E-state index is -4.90. The van der Waals surface area contributed by atoms with E-state index in [-0.39, 0.29) is 18.5 Å². The van der Waals surface area contributed by atoms with Crippen LogP contribution in [0.25, 0.3) is 0 Å². The molecule has 0 aromatic heterocycles. The number of likely N-dealkylation sites (N-methyl/N-ethyl adjacent to an activating group) is 1. The molecule has 3 aliphatic carbocycles. The molecule has 0 spiro atoms. The summed E-state index contributed by atoms with van der Waals surface area (Å²) in [6.07, 6.45) is -5.69. The average Bonchev–Trinajstić information content (AvgIpc) is 2.74. The number of aromatic hydroxyl groups is 1. The van der Waals surface area contributed by atoms with Crippen molar-refractivity contribution in [3.05, 3.63) is 28.3 Å². The lowest BCUT2D eigenvalue weighted by Crippen LogP contribution is -2.74. The zero-order valence-corrected chi connectivity index (χ0v) is 21.1. The lowest BCUT2D eigenvalue weighted by atomic mass is 9.52. The first-order chi connectivity index (χ1) is 17.4. The Morgan fingerprint density at radius 1 is 1.13 bits per heavy atom. The van der Waals surface area contributed by atoms with Gasteiger partial charge in [0, 0.05) is 12.5 Å². The van der Waals surface area contributed by atoms with Gasteiger partial charge >= 0.3 is 6.18 Å². The topological polar surface area (TPSA) is 158 Å². The van der Waals surface area contributed by atoms with Crippen LogP contribution in [0.4, 0.5) is 13.2 Å². The van der Waals surface area contributed by atoms with Crippen molar-refractivity contribution in [1.82, 2.24) is 9.80 Å². The maximum absolute atomic E-state index is 14.3. The minimum Gasteiger partial charge on any atom is -0.507 e. The molecule has 6 atom stereocenters. The number of Topliss-reactive ketones (excluding diaryl/α,β-unsaturated/α-hetero) is 4. The van der Waals surface area contributed by atoms with E-state index >= 15 is 0 Å². The highest BCUT2D eigenvalue weighted by Crippen LogP contribution is 2.52. The van der Waals surface area contributed by atoms with E-state index in [0.717, 1.165) is 6.07 Å². The van der Waals surface area contributed by atoms with Crippen LogP contribution in [0.5, 0.6) is 5.75 Å². The number of hydrogen-bond acceptors (Lipinski definition) is 9. The number of phenolic OH excluding ortho intramolecular Hbond substituents is 1. The van der Waals surface area contributed by atoms with E-state index in [1.165, 1.54) is 38.0 Å². The fourth-order valence-corrected chi connectivity index (χ4v) is 6.56. The van der Waals surface area contributed by atoms with E-state index in [2.05, 4.69) is 0 Å². The number of aliphatic hydroxyl groups is 1. The van der Waals surface area contributed by atoms with Gasteiger partial charge in [-0.05, 0) is 64.1 Å². The Balaban J connectivity index is 1.92. The number of fused-ring (bicyclic) bond motifs is 3. The highest BCUT2D eigenvalue weighted by molar-refractivity contribution is 6.32. The molecule has 3 aliphatic rings. The normalized spacial score (nSPS) is 31.4. The Morgan fingerprint density at radius 3 is 2.24 bits per heavy atom. The molecule has 2 saturated carbocycles. The van der Waals surface area contributed by atoms with Gasteiger partial charge < -0.3 is 20.8 Å². The summed E-state index contributed by atoms with van der Waals surface area (Å²) in [5.74, 6) is -13.4. The number of amides is 1. The summed E-state index contributed by atoms with van der Waals surface area (Å²) in [5, 5.41) is 22.1. The number of rotatable bonds is 4. The molecule has 1 aromatic rings. The summed E-state index contributed by atoms with van der Waals surface area (Å²) in [7, 11) is 5.91. The number of nitrogens with zero attached hydrogens (tertiary/aromatic N) is 2. The first kappa shape index (κ1) is 27.9. The second-order valence-corrected chi connectivity index (χ2v) is 10.8. The van der Waals surface area contributed by atoms with Crippen molar-refractivity contribution in [3.8, 4) is 5.75 Å². The summed E-state index contributed by atoms with van der Waals surface area (Å²) >= 11 is 0. The summed E-state index contributed by atoms with van der Waals surface area (Å²) in [5.41, 5.74) is -0.196. The number of halogens is 3. The second-order valence-electron chi connectivity index (χ2n) is 10.8. The van der Waals surface area contributed by atoms with Gasteiger partial charge in [-0.3, -0.25) is 28.9 Å². The van der Waals surface area contributed by atoms with E-state index in [0.29, 0.717) is 0 Å². The largest absolute Gasteiger partial charge is 0.507 e. The molecule has 0 saturated heterocycles. The third kappa shape index (κ3) is 3.86. The first-order valence-electron chi connectivity index (χ1n) is 11.9. The number of ketones is 4. The Bertz CT molecular complexity index is 1280. The molecule has 4 N–H and O–H groups in total. The van der Waals surface area contributed by atoms with Gasteiger partial charge in [-0.1, -0.05) is 0 Å². The van der Waals surface area contributed by atoms with Crippen LogP contribution in [0, 0.1) is 23.7 Å². The number of phenols is 1. The predicted molar refractivity (Wildman–Crippen MR) is 124 cm³/mol. The van der Waals surface area contributed by atoms with Gasteiger partial charge in [-0.2, -0.15) is 13.2 Å². The highest BCUT2D eigenvalue weighted by Gasteiger charge is 2.69.